The van der Waals surface area contributed by atoms with Crippen LogP contribution in [-0.2, 0) is 4.74 Å². The fourth-order valence-electron chi connectivity index (χ4n) is 0.966. The second-order valence-electron chi connectivity index (χ2n) is 2.54. The number of methoxy groups -OCH3 is 1. The summed E-state index contributed by atoms with van der Waals surface area (Å²) in [5.74, 6) is -0.633. The molecular formula is C8H5Br2NO4. The molecule has 15 heavy (non-hydrogen) atoms. The topological polar surface area (TPSA) is 69.4 Å². The molecule has 0 saturated carbocycles. The maximum Gasteiger partial charge on any atom is 0.339 e. The molecular weight excluding hydrogens is 334 g/mol. The van der Waals surface area contributed by atoms with Crippen molar-refractivity contribution < 1.29 is 14.5 Å². The van der Waals surface area contributed by atoms with E-state index >= 15 is 0 Å². The number of ether oxygens (including phenoxy) is 1. The molecule has 0 fully saturated rings. The Labute approximate surface area is 102 Å². The van der Waals surface area contributed by atoms with Gasteiger partial charge in [-0.25, -0.2) is 4.79 Å². The molecule has 0 amide bonds. The smallest absolute Gasteiger partial charge is 0.339 e. The third-order valence-corrected chi connectivity index (χ3v) is 2.91. The second-order valence-corrected chi connectivity index (χ2v) is 4.24. The highest BCUT2D eigenvalue weighted by Gasteiger charge is 2.21. The summed E-state index contributed by atoms with van der Waals surface area (Å²) >= 11 is 6.07. The molecule has 0 atom stereocenters. The van der Waals surface area contributed by atoms with Crippen molar-refractivity contribution in [2.45, 2.75) is 0 Å². The Morgan fingerprint density at radius 2 is 2.07 bits per heavy atom. The number of rotatable bonds is 2. The van der Waals surface area contributed by atoms with E-state index < -0.39 is 10.9 Å². The maximum absolute atomic E-state index is 11.3. The number of benzene rings is 1. The predicted molar refractivity (Wildman–Crippen MR) is 59.8 cm³/mol. The lowest BCUT2D eigenvalue weighted by Crippen LogP contribution is -2.04. The third kappa shape index (κ3) is 2.54. The van der Waals surface area contributed by atoms with Gasteiger partial charge in [0, 0.05) is 10.5 Å². The summed E-state index contributed by atoms with van der Waals surface area (Å²) in [6, 6.07) is 2.75. The Bertz CT molecular complexity index is 433. The minimum absolute atomic E-state index is 0.110. The van der Waals surface area contributed by atoms with E-state index in [0.717, 1.165) is 0 Å². The van der Waals surface area contributed by atoms with Crippen LogP contribution in [0.15, 0.2) is 21.1 Å². The van der Waals surface area contributed by atoms with Gasteiger partial charge in [0.15, 0.2) is 0 Å². The first kappa shape index (κ1) is 12.1. The lowest BCUT2D eigenvalue weighted by atomic mass is 10.2. The van der Waals surface area contributed by atoms with Crippen LogP contribution in [0.3, 0.4) is 0 Å². The highest BCUT2D eigenvalue weighted by molar-refractivity contribution is 9.11. The van der Waals surface area contributed by atoms with Crippen molar-refractivity contribution in [3.05, 3.63) is 36.8 Å². The average molecular weight is 339 g/mol. The van der Waals surface area contributed by atoms with E-state index in [-0.39, 0.29) is 15.7 Å². The van der Waals surface area contributed by atoms with Gasteiger partial charge in [-0.1, -0.05) is 15.9 Å². The molecule has 0 aliphatic carbocycles. The molecule has 1 rings (SSSR count). The normalized spacial score (nSPS) is 9.80. The summed E-state index contributed by atoms with van der Waals surface area (Å²) in [6.45, 7) is 0. The second kappa shape index (κ2) is 4.71. The number of carbonyl (C=O) groups excluding carboxylic acids is 1. The molecule has 0 N–H and O–H groups in total. The Balaban J connectivity index is 3.41. The average Bonchev–Trinajstić information content (AvgIpc) is 2.19. The first-order valence-electron chi connectivity index (χ1n) is 3.69. The van der Waals surface area contributed by atoms with E-state index in [9.17, 15) is 14.9 Å². The van der Waals surface area contributed by atoms with E-state index in [1.807, 2.05) is 0 Å². The van der Waals surface area contributed by atoms with E-state index in [1.165, 1.54) is 19.2 Å². The van der Waals surface area contributed by atoms with Crippen LogP contribution in [0.4, 0.5) is 5.69 Å². The van der Waals surface area contributed by atoms with Gasteiger partial charge in [0.1, 0.15) is 4.47 Å². The number of nitrogens with zero attached hydrogens (tertiary/aromatic N) is 1. The van der Waals surface area contributed by atoms with Gasteiger partial charge >= 0.3 is 5.97 Å². The summed E-state index contributed by atoms with van der Waals surface area (Å²) in [6.07, 6.45) is 0. The van der Waals surface area contributed by atoms with Gasteiger partial charge in [-0.05, 0) is 22.0 Å². The number of esters is 1. The Morgan fingerprint density at radius 3 is 2.53 bits per heavy atom. The summed E-state index contributed by atoms with van der Waals surface area (Å²) < 4.78 is 5.05. The zero-order chi connectivity index (χ0) is 11.6. The Kier molecular flexibility index (Phi) is 3.81. The monoisotopic (exact) mass is 337 g/mol. The molecule has 5 nitrogen and oxygen atoms in total. The van der Waals surface area contributed by atoms with Crippen LogP contribution in [0.2, 0.25) is 0 Å². The van der Waals surface area contributed by atoms with Gasteiger partial charge in [-0.2, -0.15) is 0 Å². The van der Waals surface area contributed by atoms with Crippen LogP contribution in [0.1, 0.15) is 10.4 Å². The minimum atomic E-state index is -0.633. The summed E-state index contributed by atoms with van der Waals surface area (Å²) in [7, 11) is 1.21. The Hall–Kier alpha value is -0.950. The molecule has 0 unspecified atom stereocenters. The van der Waals surface area contributed by atoms with E-state index in [0.29, 0.717) is 4.47 Å². The number of carbonyl (C=O) groups is 1. The van der Waals surface area contributed by atoms with Crippen molar-refractivity contribution in [1.82, 2.24) is 0 Å². The fourth-order valence-corrected chi connectivity index (χ4v) is 1.95. The predicted octanol–water partition coefficient (Wildman–Crippen LogP) is 2.91. The number of nitro groups is 1. The molecule has 1 aromatic carbocycles. The molecule has 80 valence electrons. The molecule has 0 aromatic heterocycles. The molecule has 0 bridgehead atoms. The van der Waals surface area contributed by atoms with Crippen molar-refractivity contribution in [2.75, 3.05) is 7.11 Å². The van der Waals surface area contributed by atoms with Gasteiger partial charge in [-0.15, -0.1) is 0 Å². The third-order valence-electron chi connectivity index (χ3n) is 1.62. The molecule has 0 aliphatic heterocycles. The van der Waals surface area contributed by atoms with Gasteiger partial charge in [-0.3, -0.25) is 10.1 Å². The number of hydrogen-bond acceptors (Lipinski definition) is 4. The molecule has 0 radical (unpaired) electrons. The van der Waals surface area contributed by atoms with Crippen LogP contribution in [0, 0.1) is 10.1 Å². The van der Waals surface area contributed by atoms with Crippen LogP contribution in [0.5, 0.6) is 0 Å². The maximum atomic E-state index is 11.3. The highest BCUT2D eigenvalue weighted by atomic mass is 79.9. The van der Waals surface area contributed by atoms with Gasteiger partial charge < -0.3 is 4.74 Å². The quantitative estimate of drug-likeness (QED) is 0.472. The van der Waals surface area contributed by atoms with Gasteiger partial charge in [0.05, 0.1) is 17.6 Å². The van der Waals surface area contributed by atoms with Crippen molar-refractivity contribution >= 4 is 43.5 Å². The molecule has 0 saturated heterocycles. The van der Waals surface area contributed by atoms with Crippen molar-refractivity contribution in [1.29, 1.82) is 0 Å². The molecule has 1 aromatic rings. The summed E-state index contributed by atoms with van der Waals surface area (Å²) in [5, 5.41) is 10.6. The van der Waals surface area contributed by atoms with Crippen molar-refractivity contribution in [2.24, 2.45) is 0 Å². The highest BCUT2D eigenvalue weighted by Crippen LogP contribution is 2.32. The van der Waals surface area contributed by atoms with Gasteiger partial charge in [0.25, 0.3) is 5.69 Å². The zero-order valence-electron chi connectivity index (χ0n) is 7.49. The van der Waals surface area contributed by atoms with Crippen molar-refractivity contribution in [3.8, 4) is 0 Å². The summed E-state index contributed by atoms with van der Waals surface area (Å²) in [4.78, 5) is 21.3. The largest absolute Gasteiger partial charge is 0.465 e. The van der Waals surface area contributed by atoms with E-state index in [1.54, 1.807) is 0 Å². The molecule has 0 spiro atoms. The number of hydrogen-bond donors (Lipinski definition) is 0. The lowest BCUT2D eigenvalue weighted by molar-refractivity contribution is -0.385. The molecule has 0 heterocycles. The first-order valence-corrected chi connectivity index (χ1v) is 5.27. The van der Waals surface area contributed by atoms with Crippen LogP contribution in [0.25, 0.3) is 0 Å². The van der Waals surface area contributed by atoms with E-state index in [4.69, 9.17) is 0 Å². The van der Waals surface area contributed by atoms with E-state index in [2.05, 4.69) is 36.6 Å². The fraction of sp³-hybridized carbons (Fsp3) is 0.125. The standard InChI is InChI=1S/C8H5Br2NO4/c1-15-8(12)5-2-4(9)3-6(7(5)10)11(13)14/h2-3H,1H3. The Morgan fingerprint density at radius 1 is 1.47 bits per heavy atom. The van der Waals surface area contributed by atoms with Gasteiger partial charge in [0.2, 0.25) is 0 Å². The SMILES string of the molecule is COC(=O)c1cc(Br)cc([N+](=O)[O-])c1Br. The van der Waals surface area contributed by atoms with Crippen molar-refractivity contribution in [3.63, 3.8) is 0 Å². The molecule has 7 heteroatoms. The van der Waals surface area contributed by atoms with Crippen LogP contribution >= 0.6 is 31.9 Å². The first-order chi connectivity index (χ1) is 6.97. The van der Waals surface area contributed by atoms with Crippen LogP contribution < -0.4 is 0 Å². The number of nitro benzene ring substituents is 1. The van der Waals surface area contributed by atoms with Crippen LogP contribution in [-0.4, -0.2) is 18.0 Å². The molecule has 0 aliphatic rings. The zero-order valence-corrected chi connectivity index (χ0v) is 10.7. The summed E-state index contributed by atoms with van der Waals surface area (Å²) in [5.41, 5.74) is -0.0802. The lowest BCUT2D eigenvalue weighted by Gasteiger charge is -2.03. The minimum Gasteiger partial charge on any atom is -0.465 e. The number of halogens is 2.